The number of halogens is 1. The Bertz CT molecular complexity index is 691. The van der Waals surface area contributed by atoms with E-state index < -0.39 is 12.9 Å². The number of benzene rings is 3. The van der Waals surface area contributed by atoms with Crippen LogP contribution in [0.2, 0.25) is 0 Å². The molecule has 150 valence electrons. The van der Waals surface area contributed by atoms with E-state index in [1.807, 2.05) is 0 Å². The predicted molar refractivity (Wildman–Crippen MR) is 117 cm³/mol. The van der Waals surface area contributed by atoms with Crippen LogP contribution in [0.5, 0.6) is 0 Å². The van der Waals surface area contributed by atoms with Crippen LogP contribution in [-0.4, -0.2) is 19.1 Å². The summed E-state index contributed by atoms with van der Waals surface area (Å²) < 4.78 is 5.72. The van der Waals surface area contributed by atoms with E-state index in [1.165, 1.54) is 15.9 Å². The average Bonchev–Trinajstić information content (AvgIpc) is 2.67. The number of ether oxygens (including phenoxy) is 1. The quantitative estimate of drug-likeness (QED) is 0.322. The second-order valence-corrected chi connectivity index (χ2v) is 10.8. The van der Waals surface area contributed by atoms with Crippen molar-refractivity contribution in [1.82, 2.24) is 0 Å². The maximum Gasteiger partial charge on any atom is 1.00 e. The topological polar surface area (TPSA) is 32.3 Å². The molecule has 5 heteroatoms. The van der Waals surface area contributed by atoms with Gasteiger partial charge in [-0.3, -0.25) is 0 Å². The van der Waals surface area contributed by atoms with Crippen LogP contribution in [-0.2, 0) is 4.74 Å². The summed E-state index contributed by atoms with van der Waals surface area (Å²) in [6.07, 6.45) is 0.713. The van der Waals surface area contributed by atoms with Gasteiger partial charge >= 0.3 is 51.4 Å². The van der Waals surface area contributed by atoms with Crippen LogP contribution in [0.4, 0.5) is 0 Å². The van der Waals surface area contributed by atoms with Crippen molar-refractivity contribution in [2.75, 3.05) is 13.5 Å². The van der Waals surface area contributed by atoms with Gasteiger partial charge in [-0.15, -0.1) is 5.60 Å². The van der Waals surface area contributed by atoms with Crippen molar-refractivity contribution in [3.8, 4) is 0 Å². The zero-order valence-corrected chi connectivity index (χ0v) is 22.8. The van der Waals surface area contributed by atoms with Gasteiger partial charge in [0, 0.05) is 7.11 Å². The Kier molecular flexibility index (Phi) is 14.1. The largest absolute Gasteiger partial charge is 1.00 e. The minimum Gasteiger partial charge on any atom is -1.00 e. The molecule has 29 heavy (non-hydrogen) atoms. The van der Waals surface area contributed by atoms with E-state index in [1.54, 1.807) is 27.9 Å². The van der Waals surface area contributed by atoms with Gasteiger partial charge in [0.1, 0.15) is 23.2 Å². The maximum absolute atomic E-state index is 10.1. The molecule has 0 saturated carbocycles. The SMILES string of the molecule is CC(C)(C)[O-].COC[P+](c1ccccc1)(c1ccccc1)c1ccccc1.[Cl-].[K+]. The summed E-state index contributed by atoms with van der Waals surface area (Å²) in [4.78, 5) is 0. The fraction of sp³-hybridized carbons (Fsp3) is 0.250. The van der Waals surface area contributed by atoms with Crippen molar-refractivity contribution < 1.29 is 73.6 Å². The number of hydrogen-bond donors (Lipinski definition) is 0. The van der Waals surface area contributed by atoms with Gasteiger partial charge in [0.05, 0.1) is 0 Å². The van der Waals surface area contributed by atoms with E-state index in [0.717, 1.165) is 0 Å². The fourth-order valence-corrected chi connectivity index (χ4v) is 6.68. The summed E-state index contributed by atoms with van der Waals surface area (Å²) in [5.74, 6) is 0. The Morgan fingerprint density at radius 3 is 1.14 bits per heavy atom. The zero-order valence-electron chi connectivity index (χ0n) is 18.0. The summed E-state index contributed by atoms with van der Waals surface area (Å²) in [5, 5.41) is 14.2. The molecule has 3 aromatic carbocycles. The molecule has 3 aromatic rings. The first-order valence-corrected chi connectivity index (χ1v) is 11.1. The van der Waals surface area contributed by atoms with Gasteiger partial charge in [0.15, 0.2) is 6.35 Å². The molecule has 0 radical (unpaired) electrons. The van der Waals surface area contributed by atoms with Gasteiger partial charge in [-0.05, 0) is 36.4 Å². The molecule has 0 spiro atoms. The molecule has 0 aromatic heterocycles. The van der Waals surface area contributed by atoms with Gasteiger partial charge in [-0.1, -0.05) is 75.4 Å². The molecule has 2 nitrogen and oxygen atoms in total. The maximum atomic E-state index is 10.1. The third-order valence-electron chi connectivity index (χ3n) is 3.91. The van der Waals surface area contributed by atoms with Crippen molar-refractivity contribution in [2.45, 2.75) is 26.4 Å². The summed E-state index contributed by atoms with van der Waals surface area (Å²) in [7, 11) is 0.0197. The Labute approximate surface area is 225 Å². The van der Waals surface area contributed by atoms with E-state index in [4.69, 9.17) is 4.74 Å². The van der Waals surface area contributed by atoms with Gasteiger partial charge in [-0.25, -0.2) is 0 Å². The van der Waals surface area contributed by atoms with E-state index in [-0.39, 0.29) is 63.8 Å². The molecule has 0 aliphatic carbocycles. The first-order valence-electron chi connectivity index (χ1n) is 9.12. The summed E-state index contributed by atoms with van der Waals surface area (Å²) in [5.41, 5.74) is -0.750. The molecule has 0 unspecified atom stereocenters. The zero-order chi connectivity index (χ0) is 19.8. The van der Waals surface area contributed by atoms with Crippen molar-refractivity contribution in [3.05, 3.63) is 91.0 Å². The smallest absolute Gasteiger partial charge is 1.00 e. The first kappa shape index (κ1) is 28.9. The molecule has 0 aliphatic rings. The summed E-state index contributed by atoms with van der Waals surface area (Å²) >= 11 is 0. The molecule has 0 N–H and O–H groups in total. The van der Waals surface area contributed by atoms with Crippen molar-refractivity contribution in [1.29, 1.82) is 0 Å². The second-order valence-electron chi connectivity index (χ2n) is 7.35. The van der Waals surface area contributed by atoms with E-state index >= 15 is 0 Å². The van der Waals surface area contributed by atoms with E-state index in [2.05, 4.69) is 91.0 Å². The average molecular weight is 455 g/mol. The number of rotatable bonds is 5. The Morgan fingerprint density at radius 2 is 0.931 bits per heavy atom. The van der Waals surface area contributed by atoms with Crippen LogP contribution in [0, 0.1) is 0 Å². The van der Waals surface area contributed by atoms with Crippen LogP contribution in [0.3, 0.4) is 0 Å². The molecule has 0 amide bonds. The molecule has 0 bridgehead atoms. The van der Waals surface area contributed by atoms with Crippen LogP contribution >= 0.6 is 7.26 Å². The number of hydrogen-bond acceptors (Lipinski definition) is 2. The van der Waals surface area contributed by atoms with Crippen molar-refractivity contribution in [2.24, 2.45) is 0 Å². The molecule has 0 atom stereocenters. The van der Waals surface area contributed by atoms with Gasteiger partial charge < -0.3 is 22.3 Å². The van der Waals surface area contributed by atoms with E-state index in [0.29, 0.717) is 6.35 Å². The third-order valence-corrected chi connectivity index (χ3v) is 8.10. The Balaban J connectivity index is 0.00000101. The molecular formula is C24H29ClKO2P. The van der Waals surface area contributed by atoms with Gasteiger partial charge in [0.25, 0.3) is 0 Å². The monoisotopic (exact) mass is 454 g/mol. The normalized spacial score (nSPS) is 10.7. The molecule has 0 fully saturated rings. The summed E-state index contributed by atoms with van der Waals surface area (Å²) in [6.45, 7) is 4.90. The van der Waals surface area contributed by atoms with Gasteiger partial charge in [0.2, 0.25) is 0 Å². The van der Waals surface area contributed by atoms with Crippen molar-refractivity contribution >= 4 is 23.2 Å². The predicted octanol–water partition coefficient (Wildman–Crippen LogP) is -2.26. The van der Waals surface area contributed by atoms with Gasteiger partial charge in [-0.2, -0.15) is 0 Å². The minimum absolute atomic E-state index is 0. The summed E-state index contributed by atoms with van der Waals surface area (Å²) in [6, 6.07) is 32.3. The van der Waals surface area contributed by atoms with E-state index in [9.17, 15) is 5.11 Å². The third kappa shape index (κ3) is 8.91. The van der Waals surface area contributed by atoms with Crippen LogP contribution in [0.25, 0.3) is 0 Å². The standard InChI is InChI=1S/C20H20OP.C4H9O.ClH.K/c1-21-17-22(18-11-5-2-6-12-18,19-13-7-3-8-14-19)20-15-9-4-10-16-20;1-4(2,3)5;;/h2-16H,17H2,1H3;1-3H3;1H;/q+1;-1;;+1/p-1. The molecule has 0 heterocycles. The molecule has 0 saturated heterocycles. The Morgan fingerprint density at radius 1 is 0.690 bits per heavy atom. The molecule has 3 rings (SSSR count). The molecule has 0 aliphatic heterocycles. The fourth-order valence-electron chi connectivity index (χ4n) is 2.91. The number of methoxy groups -OCH3 is 1. The first-order chi connectivity index (χ1) is 12.9. The van der Waals surface area contributed by atoms with Crippen LogP contribution < -0.4 is 84.8 Å². The minimum atomic E-state index is -1.78. The Hall–Kier alpha value is -0.0636. The second kappa shape index (κ2) is 14.1. The molecular weight excluding hydrogens is 426 g/mol. The van der Waals surface area contributed by atoms with Crippen molar-refractivity contribution in [3.63, 3.8) is 0 Å². The van der Waals surface area contributed by atoms with Crippen LogP contribution in [0.1, 0.15) is 20.8 Å². The van der Waals surface area contributed by atoms with Crippen LogP contribution in [0.15, 0.2) is 91.0 Å².